The molecule has 20 heavy (non-hydrogen) atoms. The van der Waals surface area contributed by atoms with Gasteiger partial charge in [0.15, 0.2) is 0 Å². The number of hydrogen-bond donors (Lipinski definition) is 0. The minimum absolute atomic E-state index is 0.793. The molecule has 0 spiro atoms. The van der Waals surface area contributed by atoms with Crippen molar-refractivity contribution < 1.29 is 4.74 Å². The molecule has 0 amide bonds. The zero-order valence-corrected chi connectivity index (χ0v) is 12.3. The van der Waals surface area contributed by atoms with Gasteiger partial charge in [0.2, 0.25) is 0 Å². The van der Waals surface area contributed by atoms with E-state index in [4.69, 9.17) is 4.74 Å². The molecule has 5 nitrogen and oxygen atoms in total. The summed E-state index contributed by atoms with van der Waals surface area (Å²) < 4.78 is 5.40. The molecular weight excluding hydrogens is 252 g/mol. The van der Waals surface area contributed by atoms with Crippen LogP contribution in [0.25, 0.3) is 0 Å². The molecule has 110 valence electrons. The summed E-state index contributed by atoms with van der Waals surface area (Å²) >= 11 is 0. The standard InChI is InChI=1S/C15H24N4O/c1-2-13-3-5-18(6-4-13)14-11-15(17-12-16-14)19-7-9-20-10-8-19/h11-13H,2-10H2,1H3. The zero-order valence-electron chi connectivity index (χ0n) is 12.3. The third-order valence-electron chi connectivity index (χ3n) is 4.49. The minimum atomic E-state index is 0.793. The van der Waals surface area contributed by atoms with Crippen molar-refractivity contribution in [1.29, 1.82) is 0 Å². The molecule has 0 N–H and O–H groups in total. The highest BCUT2D eigenvalue weighted by Gasteiger charge is 2.20. The van der Waals surface area contributed by atoms with Gasteiger partial charge in [-0.1, -0.05) is 13.3 Å². The molecule has 0 unspecified atom stereocenters. The van der Waals surface area contributed by atoms with Crippen LogP contribution >= 0.6 is 0 Å². The van der Waals surface area contributed by atoms with Crippen molar-refractivity contribution in [3.63, 3.8) is 0 Å². The van der Waals surface area contributed by atoms with Crippen molar-refractivity contribution in [2.24, 2.45) is 5.92 Å². The first-order valence-electron chi connectivity index (χ1n) is 7.76. The molecule has 0 bridgehead atoms. The first-order chi connectivity index (χ1) is 9.86. The smallest absolute Gasteiger partial charge is 0.134 e. The minimum Gasteiger partial charge on any atom is -0.378 e. The number of hydrogen-bond acceptors (Lipinski definition) is 5. The first-order valence-corrected chi connectivity index (χ1v) is 7.76. The number of nitrogens with zero attached hydrogens (tertiary/aromatic N) is 4. The summed E-state index contributed by atoms with van der Waals surface area (Å²) in [5.41, 5.74) is 0. The maximum atomic E-state index is 5.40. The topological polar surface area (TPSA) is 41.5 Å². The van der Waals surface area contributed by atoms with Crippen molar-refractivity contribution in [3.8, 4) is 0 Å². The fourth-order valence-corrected chi connectivity index (χ4v) is 3.05. The van der Waals surface area contributed by atoms with Gasteiger partial charge in [-0.15, -0.1) is 0 Å². The Labute approximate surface area is 121 Å². The largest absolute Gasteiger partial charge is 0.378 e. The fraction of sp³-hybridized carbons (Fsp3) is 0.733. The van der Waals surface area contributed by atoms with Crippen LogP contribution in [0, 0.1) is 5.92 Å². The van der Waals surface area contributed by atoms with Crippen molar-refractivity contribution >= 4 is 11.6 Å². The number of aromatic nitrogens is 2. The van der Waals surface area contributed by atoms with Crippen LogP contribution in [-0.4, -0.2) is 49.4 Å². The van der Waals surface area contributed by atoms with Crippen molar-refractivity contribution in [2.45, 2.75) is 26.2 Å². The zero-order chi connectivity index (χ0) is 13.8. The second-order valence-electron chi connectivity index (χ2n) is 5.67. The molecule has 2 saturated heterocycles. The molecule has 0 aromatic carbocycles. The van der Waals surface area contributed by atoms with Crippen LogP contribution in [0.15, 0.2) is 12.4 Å². The summed E-state index contributed by atoms with van der Waals surface area (Å²) in [7, 11) is 0. The van der Waals surface area contributed by atoms with Crippen LogP contribution in [0.1, 0.15) is 26.2 Å². The summed E-state index contributed by atoms with van der Waals surface area (Å²) in [5.74, 6) is 3.01. The van der Waals surface area contributed by atoms with Gasteiger partial charge in [-0.2, -0.15) is 0 Å². The van der Waals surface area contributed by atoms with E-state index in [2.05, 4.69) is 32.8 Å². The number of morpholine rings is 1. The number of rotatable bonds is 3. The lowest BCUT2D eigenvalue weighted by atomic mass is 9.94. The third-order valence-corrected chi connectivity index (χ3v) is 4.49. The van der Waals surface area contributed by atoms with Crippen LogP contribution in [-0.2, 0) is 4.74 Å². The number of ether oxygens (including phenoxy) is 1. The van der Waals surface area contributed by atoms with Crippen molar-refractivity contribution in [3.05, 3.63) is 12.4 Å². The summed E-state index contributed by atoms with van der Waals surface area (Å²) in [5, 5.41) is 0. The van der Waals surface area contributed by atoms with Gasteiger partial charge in [-0.25, -0.2) is 9.97 Å². The van der Waals surface area contributed by atoms with Gasteiger partial charge >= 0.3 is 0 Å². The monoisotopic (exact) mass is 276 g/mol. The molecule has 0 aliphatic carbocycles. The van der Waals surface area contributed by atoms with E-state index in [0.717, 1.165) is 56.9 Å². The van der Waals surface area contributed by atoms with E-state index in [9.17, 15) is 0 Å². The Morgan fingerprint density at radius 3 is 2.25 bits per heavy atom. The van der Waals surface area contributed by atoms with Crippen molar-refractivity contribution in [2.75, 3.05) is 49.2 Å². The molecule has 3 rings (SSSR count). The molecule has 1 aromatic heterocycles. The van der Waals surface area contributed by atoms with E-state index >= 15 is 0 Å². The van der Waals surface area contributed by atoms with Gasteiger partial charge in [-0.3, -0.25) is 0 Å². The average molecular weight is 276 g/mol. The maximum Gasteiger partial charge on any atom is 0.134 e. The lowest BCUT2D eigenvalue weighted by Gasteiger charge is -2.33. The molecule has 5 heteroatoms. The molecule has 3 heterocycles. The van der Waals surface area contributed by atoms with E-state index in [1.807, 2.05) is 0 Å². The average Bonchev–Trinajstić information content (AvgIpc) is 2.56. The van der Waals surface area contributed by atoms with E-state index in [0.29, 0.717) is 0 Å². The van der Waals surface area contributed by atoms with E-state index < -0.39 is 0 Å². The molecule has 1 aromatic rings. The van der Waals surface area contributed by atoms with Crippen molar-refractivity contribution in [1.82, 2.24) is 9.97 Å². The van der Waals surface area contributed by atoms with Gasteiger partial charge < -0.3 is 14.5 Å². The Morgan fingerprint density at radius 1 is 1.05 bits per heavy atom. The number of piperidine rings is 1. The Balaban J connectivity index is 1.68. The highest BCUT2D eigenvalue weighted by atomic mass is 16.5. The van der Waals surface area contributed by atoms with Crippen LogP contribution in [0.4, 0.5) is 11.6 Å². The predicted octanol–water partition coefficient (Wildman–Crippen LogP) is 1.94. The fourth-order valence-electron chi connectivity index (χ4n) is 3.05. The summed E-state index contributed by atoms with van der Waals surface area (Å²) in [6.07, 6.45) is 5.57. The second kappa shape index (κ2) is 6.39. The Bertz CT molecular complexity index is 426. The SMILES string of the molecule is CCC1CCN(c2cc(N3CCOCC3)ncn2)CC1. The van der Waals surface area contributed by atoms with Gasteiger partial charge in [0.05, 0.1) is 13.2 Å². The van der Waals surface area contributed by atoms with E-state index in [1.165, 1.54) is 19.3 Å². The van der Waals surface area contributed by atoms with E-state index in [-0.39, 0.29) is 0 Å². The Hall–Kier alpha value is -1.36. The molecule has 2 aliphatic rings. The van der Waals surface area contributed by atoms with Crippen LogP contribution in [0.2, 0.25) is 0 Å². The maximum absolute atomic E-state index is 5.40. The molecule has 2 fully saturated rings. The van der Waals surface area contributed by atoms with Crippen LogP contribution in [0.3, 0.4) is 0 Å². The van der Waals surface area contributed by atoms with Gasteiger partial charge in [0.25, 0.3) is 0 Å². The first kappa shape index (κ1) is 13.6. The van der Waals surface area contributed by atoms with Crippen LogP contribution < -0.4 is 9.80 Å². The lowest BCUT2D eigenvalue weighted by molar-refractivity contribution is 0.122. The third kappa shape index (κ3) is 3.03. The number of anilines is 2. The Kier molecular flexibility index (Phi) is 4.35. The molecule has 0 atom stereocenters. The van der Waals surface area contributed by atoms with Gasteiger partial charge in [-0.05, 0) is 18.8 Å². The molecule has 0 saturated carbocycles. The molecule has 0 radical (unpaired) electrons. The lowest BCUT2D eigenvalue weighted by Crippen LogP contribution is -2.37. The van der Waals surface area contributed by atoms with Gasteiger partial charge in [0, 0.05) is 32.2 Å². The Morgan fingerprint density at radius 2 is 1.65 bits per heavy atom. The highest BCUT2D eigenvalue weighted by Crippen LogP contribution is 2.25. The summed E-state index contributed by atoms with van der Waals surface area (Å²) in [6, 6.07) is 2.14. The van der Waals surface area contributed by atoms with Crippen LogP contribution in [0.5, 0.6) is 0 Å². The molecular formula is C15H24N4O. The second-order valence-corrected chi connectivity index (χ2v) is 5.67. The summed E-state index contributed by atoms with van der Waals surface area (Å²) in [4.78, 5) is 13.6. The summed E-state index contributed by atoms with van der Waals surface area (Å²) in [6.45, 7) is 7.98. The predicted molar refractivity (Wildman–Crippen MR) is 80.3 cm³/mol. The quantitative estimate of drug-likeness (QED) is 0.844. The van der Waals surface area contributed by atoms with E-state index in [1.54, 1.807) is 6.33 Å². The van der Waals surface area contributed by atoms with Gasteiger partial charge in [0.1, 0.15) is 18.0 Å². The highest BCUT2D eigenvalue weighted by molar-refractivity contribution is 5.50. The normalized spacial score (nSPS) is 21.2. The molecule has 2 aliphatic heterocycles.